The van der Waals surface area contributed by atoms with Crippen molar-refractivity contribution in [2.45, 2.75) is 58.1 Å². The van der Waals surface area contributed by atoms with E-state index >= 15 is 0 Å². The lowest BCUT2D eigenvalue weighted by Gasteiger charge is -2.27. The molecule has 0 bridgehead atoms. The number of hydrogen-bond donors (Lipinski definition) is 0. The Morgan fingerprint density at radius 3 is 2.79 bits per heavy atom. The van der Waals surface area contributed by atoms with E-state index in [2.05, 4.69) is 32.5 Å². The van der Waals surface area contributed by atoms with Gasteiger partial charge in [0.15, 0.2) is 5.78 Å². The predicted molar refractivity (Wildman–Crippen MR) is 102 cm³/mol. The molecule has 0 aromatic carbocycles. The minimum Gasteiger partial charge on any atom is -0.500 e. The zero-order valence-corrected chi connectivity index (χ0v) is 16.3. The lowest BCUT2D eigenvalue weighted by molar-refractivity contribution is -0.116. The highest BCUT2D eigenvalue weighted by atomic mass is 32.2. The van der Waals surface area contributed by atoms with Crippen molar-refractivity contribution < 1.29 is 14.4 Å². The molecule has 0 amide bonds. The lowest BCUT2D eigenvalue weighted by atomic mass is 9.82. The first-order valence-corrected chi connectivity index (χ1v) is 9.84. The second kappa shape index (κ2) is 11.3. The first-order valence-electron chi connectivity index (χ1n) is 8.79. The van der Waals surface area contributed by atoms with Gasteiger partial charge in [0, 0.05) is 18.1 Å². The van der Waals surface area contributed by atoms with Crippen molar-refractivity contribution in [1.82, 2.24) is 0 Å². The summed E-state index contributed by atoms with van der Waals surface area (Å²) >= 11 is 1.94. The first-order chi connectivity index (χ1) is 11.6. The lowest BCUT2D eigenvalue weighted by Crippen LogP contribution is -2.26. The SMILES string of the molecule is C=CCO/N=C(\CCC)C1=C(OC)CC(CC(C)SCC)CC1=O. The molecule has 0 radical (unpaired) electrons. The van der Waals surface area contributed by atoms with Crippen LogP contribution in [0.4, 0.5) is 0 Å². The van der Waals surface area contributed by atoms with Crippen LogP contribution in [0, 0.1) is 5.92 Å². The van der Waals surface area contributed by atoms with Crippen molar-refractivity contribution >= 4 is 23.3 Å². The normalized spacial score (nSPS) is 20.1. The van der Waals surface area contributed by atoms with Gasteiger partial charge in [0.2, 0.25) is 0 Å². The number of ketones is 1. The highest BCUT2D eigenvalue weighted by Gasteiger charge is 2.32. The Morgan fingerprint density at radius 1 is 1.46 bits per heavy atom. The minimum atomic E-state index is 0.131. The molecule has 1 aliphatic carbocycles. The van der Waals surface area contributed by atoms with Crippen LogP contribution >= 0.6 is 11.8 Å². The van der Waals surface area contributed by atoms with E-state index in [-0.39, 0.29) is 5.78 Å². The van der Waals surface area contributed by atoms with E-state index in [1.807, 2.05) is 11.8 Å². The van der Waals surface area contributed by atoms with Crippen molar-refractivity contribution in [2.24, 2.45) is 11.1 Å². The molecule has 2 unspecified atom stereocenters. The van der Waals surface area contributed by atoms with Gasteiger partial charge in [-0.2, -0.15) is 11.8 Å². The summed E-state index contributed by atoms with van der Waals surface area (Å²) in [6.07, 6.45) is 5.66. The number of hydrogen-bond acceptors (Lipinski definition) is 5. The summed E-state index contributed by atoms with van der Waals surface area (Å²) in [7, 11) is 1.64. The summed E-state index contributed by atoms with van der Waals surface area (Å²) in [4.78, 5) is 18.0. The molecule has 0 heterocycles. The Balaban J connectivity index is 2.97. The van der Waals surface area contributed by atoms with E-state index in [0.717, 1.165) is 30.8 Å². The topological polar surface area (TPSA) is 47.9 Å². The van der Waals surface area contributed by atoms with Gasteiger partial charge in [-0.1, -0.05) is 45.0 Å². The van der Waals surface area contributed by atoms with Crippen LogP contribution < -0.4 is 0 Å². The molecule has 0 N–H and O–H groups in total. The molecular weight excluding hydrogens is 322 g/mol. The van der Waals surface area contributed by atoms with Crippen molar-refractivity contribution in [3.05, 3.63) is 24.0 Å². The summed E-state index contributed by atoms with van der Waals surface area (Å²) in [5.74, 6) is 2.35. The third-order valence-electron chi connectivity index (χ3n) is 4.01. The van der Waals surface area contributed by atoms with Crippen molar-refractivity contribution in [1.29, 1.82) is 0 Å². The summed E-state index contributed by atoms with van der Waals surface area (Å²) < 4.78 is 5.58. The Hall–Kier alpha value is -1.23. The fourth-order valence-corrected chi connectivity index (χ4v) is 4.05. The van der Waals surface area contributed by atoms with Gasteiger partial charge in [-0.15, -0.1) is 0 Å². The Morgan fingerprint density at radius 2 is 2.21 bits per heavy atom. The second-order valence-electron chi connectivity index (χ2n) is 6.07. The molecule has 0 aliphatic heterocycles. The third kappa shape index (κ3) is 6.34. The van der Waals surface area contributed by atoms with Crippen LogP contribution in [0.1, 0.15) is 52.9 Å². The zero-order valence-electron chi connectivity index (χ0n) is 15.5. The Labute approximate surface area is 150 Å². The molecule has 0 fully saturated rings. The monoisotopic (exact) mass is 353 g/mol. The quantitative estimate of drug-likeness (QED) is 0.233. The number of methoxy groups -OCH3 is 1. The third-order valence-corrected chi connectivity index (χ3v) is 5.11. The summed E-state index contributed by atoms with van der Waals surface area (Å²) in [6.45, 7) is 10.4. The van der Waals surface area contributed by atoms with Crippen molar-refractivity contribution in [3.63, 3.8) is 0 Å². The van der Waals surface area contributed by atoms with Gasteiger partial charge in [-0.3, -0.25) is 4.79 Å². The van der Waals surface area contributed by atoms with Gasteiger partial charge < -0.3 is 9.57 Å². The number of thioether (sulfide) groups is 1. The van der Waals surface area contributed by atoms with E-state index in [4.69, 9.17) is 9.57 Å². The van der Waals surface area contributed by atoms with E-state index in [0.29, 0.717) is 41.9 Å². The van der Waals surface area contributed by atoms with Crippen LogP contribution in [0.15, 0.2) is 29.1 Å². The van der Waals surface area contributed by atoms with Crippen LogP contribution in [0.2, 0.25) is 0 Å². The van der Waals surface area contributed by atoms with Crippen LogP contribution in [0.25, 0.3) is 0 Å². The minimum absolute atomic E-state index is 0.131. The van der Waals surface area contributed by atoms with Gasteiger partial charge in [-0.05, 0) is 24.5 Å². The number of rotatable bonds is 11. The Bertz CT molecular complexity index is 485. The Kier molecular flexibility index (Phi) is 9.84. The number of allylic oxidation sites excluding steroid dienone is 2. The molecule has 2 atom stereocenters. The van der Waals surface area contributed by atoms with Gasteiger partial charge in [0.1, 0.15) is 12.4 Å². The van der Waals surface area contributed by atoms with E-state index in [1.54, 1.807) is 13.2 Å². The first kappa shape index (κ1) is 20.8. The number of carbonyl (C=O) groups is 1. The largest absolute Gasteiger partial charge is 0.500 e. The van der Waals surface area contributed by atoms with Gasteiger partial charge in [0.05, 0.1) is 18.4 Å². The fourth-order valence-electron chi connectivity index (χ4n) is 3.07. The van der Waals surface area contributed by atoms with E-state index < -0.39 is 0 Å². The molecule has 1 aliphatic rings. The summed E-state index contributed by atoms with van der Waals surface area (Å²) in [5.41, 5.74) is 1.34. The number of oxime groups is 1. The molecular formula is C19H31NO3S. The van der Waals surface area contributed by atoms with Gasteiger partial charge in [-0.25, -0.2) is 0 Å². The highest BCUT2D eigenvalue weighted by Crippen LogP contribution is 2.34. The molecule has 136 valence electrons. The maximum absolute atomic E-state index is 12.8. The molecule has 5 heteroatoms. The molecule has 24 heavy (non-hydrogen) atoms. The maximum Gasteiger partial charge on any atom is 0.168 e. The average Bonchev–Trinajstić information content (AvgIpc) is 2.54. The summed E-state index contributed by atoms with van der Waals surface area (Å²) in [6, 6.07) is 0. The molecule has 0 spiro atoms. The zero-order chi connectivity index (χ0) is 17.9. The number of carbonyl (C=O) groups excluding carboxylic acids is 1. The van der Waals surface area contributed by atoms with Crippen LogP contribution in [0.5, 0.6) is 0 Å². The smallest absolute Gasteiger partial charge is 0.168 e. The van der Waals surface area contributed by atoms with Crippen molar-refractivity contribution in [3.8, 4) is 0 Å². The molecule has 1 rings (SSSR count). The summed E-state index contributed by atoms with van der Waals surface area (Å²) in [5, 5.41) is 4.74. The van der Waals surface area contributed by atoms with Crippen LogP contribution in [0.3, 0.4) is 0 Å². The molecule has 0 aromatic rings. The van der Waals surface area contributed by atoms with Crippen LogP contribution in [-0.2, 0) is 14.4 Å². The van der Waals surface area contributed by atoms with Gasteiger partial charge in [0.25, 0.3) is 0 Å². The standard InChI is InChI=1S/C19H31NO3S/c1-6-9-16(20-23-10-7-2)19-17(21)12-15(13-18(19)22-5)11-14(4)24-8-3/h7,14-15H,2,6,8-13H2,1,3-5H3/b20-16+. The fraction of sp³-hybridized carbons (Fsp3) is 0.684. The highest BCUT2D eigenvalue weighted by molar-refractivity contribution is 7.99. The van der Waals surface area contributed by atoms with Crippen LogP contribution in [-0.4, -0.2) is 36.2 Å². The molecule has 0 aromatic heterocycles. The number of Topliss-reactive ketones (excluding diaryl/α,β-unsaturated/α-hetero) is 1. The van der Waals surface area contributed by atoms with E-state index in [1.165, 1.54) is 0 Å². The van der Waals surface area contributed by atoms with E-state index in [9.17, 15) is 4.79 Å². The predicted octanol–water partition coefficient (Wildman–Crippen LogP) is 4.76. The maximum atomic E-state index is 12.8. The molecule has 4 nitrogen and oxygen atoms in total. The van der Waals surface area contributed by atoms with Gasteiger partial charge >= 0.3 is 0 Å². The molecule has 0 saturated carbocycles. The number of ether oxygens (including phenoxy) is 1. The molecule has 0 saturated heterocycles. The second-order valence-corrected chi connectivity index (χ2v) is 7.79. The average molecular weight is 354 g/mol. The number of nitrogens with zero attached hydrogens (tertiary/aromatic N) is 1. The van der Waals surface area contributed by atoms with Crippen molar-refractivity contribution in [2.75, 3.05) is 19.5 Å².